The van der Waals surface area contributed by atoms with E-state index in [1.54, 1.807) is 24.1 Å². The summed E-state index contributed by atoms with van der Waals surface area (Å²) in [5, 5.41) is 3.75. The second-order valence-electron chi connectivity index (χ2n) is 3.96. The molecule has 16 heavy (non-hydrogen) atoms. The van der Waals surface area contributed by atoms with Crippen molar-refractivity contribution in [3.63, 3.8) is 0 Å². The first kappa shape index (κ1) is 12.8. The third-order valence-corrected chi connectivity index (χ3v) is 2.71. The van der Waals surface area contributed by atoms with Crippen LogP contribution in [-0.4, -0.2) is 30.4 Å². The maximum atomic E-state index is 11.7. The van der Waals surface area contributed by atoms with E-state index in [2.05, 4.69) is 5.32 Å². The van der Waals surface area contributed by atoms with E-state index in [1.165, 1.54) is 0 Å². The van der Waals surface area contributed by atoms with Crippen LogP contribution < -0.4 is 5.32 Å². The van der Waals surface area contributed by atoms with Crippen LogP contribution in [0.3, 0.4) is 0 Å². The van der Waals surface area contributed by atoms with Crippen molar-refractivity contribution >= 4 is 23.2 Å². The summed E-state index contributed by atoms with van der Waals surface area (Å²) in [7, 11) is 1.80. The van der Waals surface area contributed by atoms with Gasteiger partial charge in [0.05, 0.1) is 6.54 Å². The van der Waals surface area contributed by atoms with Crippen LogP contribution in [0.1, 0.15) is 13.8 Å². The third-order valence-electron chi connectivity index (χ3n) is 2.46. The van der Waals surface area contributed by atoms with E-state index in [0.29, 0.717) is 11.6 Å². The quantitative estimate of drug-likeness (QED) is 0.878. The van der Waals surface area contributed by atoms with Gasteiger partial charge in [-0.25, -0.2) is 0 Å². The van der Waals surface area contributed by atoms with Crippen molar-refractivity contribution in [3.8, 4) is 0 Å². The molecule has 3 nitrogen and oxygen atoms in total. The highest BCUT2D eigenvalue weighted by Crippen LogP contribution is 2.13. The SMILES string of the molecule is CC(C)N(C)C(=O)CNc1ccc(Cl)cc1. The molecule has 0 atom stereocenters. The highest BCUT2D eigenvalue weighted by atomic mass is 35.5. The fraction of sp³-hybridized carbons (Fsp3) is 0.417. The van der Waals surface area contributed by atoms with Gasteiger partial charge in [-0.15, -0.1) is 0 Å². The first-order valence-electron chi connectivity index (χ1n) is 5.26. The summed E-state index contributed by atoms with van der Waals surface area (Å²) in [4.78, 5) is 13.4. The summed E-state index contributed by atoms with van der Waals surface area (Å²) in [5.74, 6) is 0.0740. The molecule has 0 fully saturated rings. The molecular weight excluding hydrogens is 224 g/mol. The van der Waals surface area contributed by atoms with Crippen molar-refractivity contribution in [2.24, 2.45) is 0 Å². The first-order chi connectivity index (χ1) is 7.50. The first-order valence-corrected chi connectivity index (χ1v) is 5.63. The van der Waals surface area contributed by atoms with E-state index in [1.807, 2.05) is 26.0 Å². The standard InChI is InChI=1S/C12H17ClN2O/c1-9(2)15(3)12(16)8-14-11-6-4-10(13)5-7-11/h4-7,9,14H,8H2,1-3H3. The molecule has 0 spiro atoms. The van der Waals surface area contributed by atoms with Crippen LogP contribution in [0.5, 0.6) is 0 Å². The number of halogens is 1. The molecule has 1 N–H and O–H groups in total. The zero-order valence-electron chi connectivity index (χ0n) is 9.83. The van der Waals surface area contributed by atoms with Gasteiger partial charge in [-0.1, -0.05) is 11.6 Å². The molecule has 0 aromatic heterocycles. The van der Waals surface area contributed by atoms with E-state index in [0.717, 1.165) is 5.69 Å². The predicted octanol–water partition coefficient (Wildman–Crippen LogP) is 2.62. The van der Waals surface area contributed by atoms with Crippen LogP contribution in [0.4, 0.5) is 5.69 Å². The van der Waals surface area contributed by atoms with E-state index >= 15 is 0 Å². The fourth-order valence-corrected chi connectivity index (χ4v) is 1.28. The van der Waals surface area contributed by atoms with Gasteiger partial charge in [0.2, 0.25) is 5.91 Å². The summed E-state index contributed by atoms with van der Waals surface area (Å²) in [5.41, 5.74) is 0.898. The number of benzene rings is 1. The number of nitrogens with zero attached hydrogens (tertiary/aromatic N) is 1. The molecule has 1 aromatic rings. The molecule has 1 rings (SSSR count). The number of rotatable bonds is 4. The van der Waals surface area contributed by atoms with Crippen molar-refractivity contribution in [1.29, 1.82) is 0 Å². The second-order valence-corrected chi connectivity index (χ2v) is 4.40. The van der Waals surface area contributed by atoms with Crippen LogP contribution in [0, 0.1) is 0 Å². The van der Waals surface area contributed by atoms with E-state index < -0.39 is 0 Å². The number of nitrogens with one attached hydrogen (secondary N) is 1. The number of carbonyl (C=O) groups excluding carboxylic acids is 1. The summed E-state index contributed by atoms with van der Waals surface area (Å²) >= 11 is 5.76. The lowest BCUT2D eigenvalue weighted by atomic mass is 10.3. The van der Waals surface area contributed by atoms with Crippen LogP contribution in [0.25, 0.3) is 0 Å². The number of carbonyl (C=O) groups is 1. The van der Waals surface area contributed by atoms with Gasteiger partial charge in [-0.3, -0.25) is 4.79 Å². The fourth-order valence-electron chi connectivity index (χ4n) is 1.16. The Labute approximate surface area is 101 Å². The molecular formula is C12H17ClN2O. The molecule has 0 aliphatic carbocycles. The lowest BCUT2D eigenvalue weighted by Gasteiger charge is -2.21. The molecule has 0 radical (unpaired) electrons. The van der Waals surface area contributed by atoms with Gasteiger partial charge in [-0.2, -0.15) is 0 Å². The Balaban J connectivity index is 2.46. The topological polar surface area (TPSA) is 32.3 Å². The van der Waals surface area contributed by atoms with Gasteiger partial charge in [0, 0.05) is 23.8 Å². The van der Waals surface area contributed by atoms with Gasteiger partial charge in [0.25, 0.3) is 0 Å². The summed E-state index contributed by atoms with van der Waals surface area (Å²) in [6.45, 7) is 4.27. The normalized spacial score (nSPS) is 10.3. The predicted molar refractivity (Wildman–Crippen MR) is 67.8 cm³/mol. The summed E-state index contributed by atoms with van der Waals surface area (Å²) in [6.07, 6.45) is 0. The maximum Gasteiger partial charge on any atom is 0.241 e. The Morgan fingerprint density at radius 3 is 2.44 bits per heavy atom. The summed E-state index contributed by atoms with van der Waals surface area (Å²) in [6, 6.07) is 7.51. The number of hydrogen-bond acceptors (Lipinski definition) is 2. The van der Waals surface area contributed by atoms with Crippen LogP contribution in [0.15, 0.2) is 24.3 Å². The highest BCUT2D eigenvalue weighted by molar-refractivity contribution is 6.30. The maximum absolute atomic E-state index is 11.7. The van der Waals surface area contributed by atoms with Crippen molar-refractivity contribution in [3.05, 3.63) is 29.3 Å². The molecule has 0 aliphatic heterocycles. The number of likely N-dealkylation sites (N-methyl/N-ethyl adjacent to an activating group) is 1. The van der Waals surface area contributed by atoms with Gasteiger partial charge in [-0.05, 0) is 38.1 Å². The molecule has 0 saturated heterocycles. The lowest BCUT2D eigenvalue weighted by Crippen LogP contribution is -2.37. The average Bonchev–Trinajstić information content (AvgIpc) is 2.26. The van der Waals surface area contributed by atoms with E-state index in [9.17, 15) is 4.79 Å². The molecule has 4 heteroatoms. The Hall–Kier alpha value is -1.22. The van der Waals surface area contributed by atoms with Gasteiger partial charge < -0.3 is 10.2 Å². The smallest absolute Gasteiger partial charge is 0.241 e. The molecule has 1 aromatic carbocycles. The Kier molecular flexibility index (Phi) is 4.62. The zero-order chi connectivity index (χ0) is 12.1. The van der Waals surface area contributed by atoms with E-state index in [4.69, 9.17) is 11.6 Å². The van der Waals surface area contributed by atoms with Crippen LogP contribution in [-0.2, 0) is 4.79 Å². The molecule has 0 bridgehead atoms. The molecule has 0 heterocycles. The molecule has 0 saturated carbocycles. The van der Waals surface area contributed by atoms with E-state index in [-0.39, 0.29) is 11.9 Å². The minimum Gasteiger partial charge on any atom is -0.376 e. The van der Waals surface area contributed by atoms with Gasteiger partial charge >= 0.3 is 0 Å². The minimum atomic E-state index is 0.0740. The molecule has 0 aliphatic rings. The Bertz CT molecular complexity index is 349. The molecule has 1 amide bonds. The second kappa shape index (κ2) is 5.75. The number of hydrogen-bond donors (Lipinski definition) is 1. The van der Waals surface area contributed by atoms with Gasteiger partial charge in [0.1, 0.15) is 0 Å². The Morgan fingerprint density at radius 2 is 1.94 bits per heavy atom. The van der Waals surface area contributed by atoms with Gasteiger partial charge in [0.15, 0.2) is 0 Å². The molecule has 88 valence electrons. The van der Waals surface area contributed by atoms with Crippen molar-refractivity contribution < 1.29 is 4.79 Å². The minimum absolute atomic E-state index is 0.0740. The lowest BCUT2D eigenvalue weighted by molar-refractivity contribution is -0.129. The highest BCUT2D eigenvalue weighted by Gasteiger charge is 2.10. The Morgan fingerprint density at radius 1 is 1.38 bits per heavy atom. The zero-order valence-corrected chi connectivity index (χ0v) is 10.6. The number of anilines is 1. The third kappa shape index (κ3) is 3.74. The van der Waals surface area contributed by atoms with Crippen LogP contribution in [0.2, 0.25) is 5.02 Å². The summed E-state index contributed by atoms with van der Waals surface area (Å²) < 4.78 is 0. The van der Waals surface area contributed by atoms with Crippen LogP contribution >= 0.6 is 11.6 Å². The number of amides is 1. The largest absolute Gasteiger partial charge is 0.376 e. The van der Waals surface area contributed by atoms with Crippen molar-refractivity contribution in [1.82, 2.24) is 4.90 Å². The van der Waals surface area contributed by atoms with Crippen molar-refractivity contribution in [2.45, 2.75) is 19.9 Å². The molecule has 0 unspecified atom stereocenters. The monoisotopic (exact) mass is 240 g/mol. The van der Waals surface area contributed by atoms with Crippen molar-refractivity contribution in [2.75, 3.05) is 18.9 Å². The average molecular weight is 241 g/mol.